The lowest BCUT2D eigenvalue weighted by molar-refractivity contribution is 0.282. The number of aromatic hydroxyl groups is 2. The van der Waals surface area contributed by atoms with Crippen molar-refractivity contribution in [3.8, 4) is 11.5 Å². The van der Waals surface area contributed by atoms with Crippen LogP contribution in [0.3, 0.4) is 0 Å². The van der Waals surface area contributed by atoms with Crippen LogP contribution in [-0.2, 0) is 59.0 Å². The van der Waals surface area contributed by atoms with Gasteiger partial charge in [-0.05, 0) is 42.5 Å². The van der Waals surface area contributed by atoms with Crippen LogP contribution in [0.25, 0.3) is 0 Å². The summed E-state index contributed by atoms with van der Waals surface area (Å²) in [5, 5.41) is 35.2. The second-order valence-electron chi connectivity index (χ2n) is 8.97. The molecule has 0 atom stereocenters. The molecule has 0 spiro atoms. The molecule has 3 aromatic rings. The quantitative estimate of drug-likeness (QED) is 0.109. The van der Waals surface area contributed by atoms with Gasteiger partial charge in [0, 0.05) is 12.1 Å². The summed E-state index contributed by atoms with van der Waals surface area (Å²) in [6.07, 6.45) is 0. The van der Waals surface area contributed by atoms with E-state index in [1.807, 2.05) is 0 Å². The minimum absolute atomic E-state index is 0.0520. The first-order valence-electron chi connectivity index (χ1n) is 12.3. The van der Waals surface area contributed by atoms with Crippen LogP contribution < -0.4 is 0 Å². The van der Waals surface area contributed by atoms with Crippen LogP contribution >= 0.6 is 0 Å². The van der Waals surface area contributed by atoms with Crippen molar-refractivity contribution in [2.75, 3.05) is 24.7 Å². The van der Waals surface area contributed by atoms with Gasteiger partial charge in [-0.25, -0.2) is 25.2 Å². The van der Waals surface area contributed by atoms with E-state index >= 15 is 0 Å². The van der Waals surface area contributed by atoms with Gasteiger partial charge in [-0.3, -0.25) is 13.7 Å². The van der Waals surface area contributed by atoms with Crippen LogP contribution in [0.15, 0.2) is 89.7 Å². The van der Waals surface area contributed by atoms with E-state index in [4.69, 9.17) is 9.11 Å². The molecule has 0 fully saturated rings. The molecule has 0 heterocycles. The van der Waals surface area contributed by atoms with Crippen LogP contribution in [0.1, 0.15) is 0 Å². The third kappa shape index (κ3) is 11.3. The van der Waals surface area contributed by atoms with Crippen molar-refractivity contribution in [3.63, 3.8) is 0 Å². The van der Waals surface area contributed by atoms with Gasteiger partial charge >= 0.3 is 20.8 Å². The Labute approximate surface area is 272 Å². The molecular weight excluding hydrogens is 753 g/mol. The van der Waals surface area contributed by atoms with E-state index in [1.165, 1.54) is 12.1 Å². The Morgan fingerprint density at radius 2 is 0.958 bits per heavy atom. The normalized spacial score (nSPS) is 13.4. The molecular formula is C22H22N4O17S5. The van der Waals surface area contributed by atoms with E-state index in [2.05, 4.69) is 28.8 Å². The third-order valence-corrected chi connectivity index (χ3v) is 10.7. The number of rotatable bonds is 15. The van der Waals surface area contributed by atoms with Gasteiger partial charge < -0.3 is 10.2 Å². The molecule has 0 saturated heterocycles. The predicted molar refractivity (Wildman–Crippen MR) is 160 cm³/mol. The lowest BCUT2D eigenvalue weighted by Gasteiger charge is -2.08. The number of sulfone groups is 2. The Morgan fingerprint density at radius 3 is 1.44 bits per heavy atom. The average molecular weight is 775 g/mol. The monoisotopic (exact) mass is 774 g/mol. The highest BCUT2D eigenvalue weighted by molar-refractivity contribution is 7.92. The van der Waals surface area contributed by atoms with E-state index in [1.54, 1.807) is 0 Å². The summed E-state index contributed by atoms with van der Waals surface area (Å²) in [6, 6.07) is 8.44. The van der Waals surface area contributed by atoms with Crippen LogP contribution in [-0.4, -0.2) is 90.7 Å². The molecule has 0 aliphatic carbocycles. The Kier molecular flexibility index (Phi) is 11.7. The third-order valence-electron chi connectivity index (χ3n) is 5.54. The molecule has 0 aromatic heterocycles. The fourth-order valence-electron chi connectivity index (χ4n) is 3.37. The lowest BCUT2D eigenvalue weighted by Crippen LogP contribution is -2.16. The summed E-state index contributed by atoms with van der Waals surface area (Å²) in [7, 11) is -23.4. The Balaban J connectivity index is 1.86. The Bertz CT molecular complexity index is 2310. The van der Waals surface area contributed by atoms with Crippen LogP contribution in [0.4, 0.5) is 22.7 Å². The lowest BCUT2D eigenvalue weighted by atomic mass is 10.2. The fourth-order valence-corrected chi connectivity index (χ4v) is 7.09. The smallest absolute Gasteiger partial charge is 0.397 e. The minimum atomic E-state index is -5.15. The first-order valence-corrected chi connectivity index (χ1v) is 19.7. The number of benzene rings is 3. The van der Waals surface area contributed by atoms with Gasteiger partial charge in [0.25, 0.3) is 10.1 Å². The largest absolute Gasteiger partial charge is 0.505 e. The molecule has 0 saturated carbocycles. The molecule has 48 heavy (non-hydrogen) atoms. The Morgan fingerprint density at radius 1 is 0.521 bits per heavy atom. The van der Waals surface area contributed by atoms with Crippen molar-refractivity contribution in [1.82, 2.24) is 0 Å². The molecule has 3 aromatic carbocycles. The molecule has 0 radical (unpaired) electrons. The van der Waals surface area contributed by atoms with E-state index in [0.29, 0.717) is 6.07 Å². The summed E-state index contributed by atoms with van der Waals surface area (Å²) >= 11 is 0. The van der Waals surface area contributed by atoms with Crippen molar-refractivity contribution in [2.24, 2.45) is 20.5 Å². The first-order chi connectivity index (χ1) is 22.0. The summed E-state index contributed by atoms with van der Waals surface area (Å²) in [6.45, 7) is -1.86. The zero-order chi connectivity index (χ0) is 36.1. The predicted octanol–water partition coefficient (Wildman–Crippen LogP) is 2.36. The highest BCUT2D eigenvalue weighted by Gasteiger charge is 2.23. The molecule has 0 bridgehead atoms. The second kappa shape index (κ2) is 14.6. The maximum absolute atomic E-state index is 12.5. The molecule has 0 aliphatic rings. The van der Waals surface area contributed by atoms with Gasteiger partial charge in [0.15, 0.2) is 19.7 Å². The number of azo groups is 2. The maximum atomic E-state index is 12.5. The highest BCUT2D eigenvalue weighted by Crippen LogP contribution is 2.40. The number of phenols is 2. The molecule has 5 N–H and O–H groups in total. The van der Waals surface area contributed by atoms with E-state index in [0.717, 1.165) is 36.4 Å². The van der Waals surface area contributed by atoms with Crippen molar-refractivity contribution in [3.05, 3.63) is 54.6 Å². The van der Waals surface area contributed by atoms with Gasteiger partial charge in [-0.15, -0.1) is 15.3 Å². The molecule has 26 heteroatoms. The van der Waals surface area contributed by atoms with Crippen molar-refractivity contribution in [1.29, 1.82) is 0 Å². The van der Waals surface area contributed by atoms with Crippen LogP contribution in [0, 0.1) is 0 Å². The average Bonchev–Trinajstić information content (AvgIpc) is 2.94. The number of hydrogen-bond acceptors (Lipinski definition) is 18. The van der Waals surface area contributed by atoms with Crippen LogP contribution in [0.5, 0.6) is 11.5 Å². The SMILES string of the molecule is O=S(=O)(O)OCCS(=O)(=O)c1ccc(N=Nc2cc(N=Nc3ccc(S(=O)(=O)CCOS(=O)(=O)O)cc3S(=O)(=O)O)c(O)cc2O)cc1. The fraction of sp³-hybridized carbons (Fsp3) is 0.182. The summed E-state index contributed by atoms with van der Waals surface area (Å²) in [5.41, 5.74) is -1.34. The maximum Gasteiger partial charge on any atom is 0.397 e. The van der Waals surface area contributed by atoms with Crippen molar-refractivity contribution >= 4 is 73.3 Å². The van der Waals surface area contributed by atoms with E-state index < -0.39 is 108 Å². The molecule has 0 unspecified atom stereocenters. The molecule has 262 valence electrons. The van der Waals surface area contributed by atoms with Gasteiger partial charge in [0.2, 0.25) is 0 Å². The summed E-state index contributed by atoms with van der Waals surface area (Å²) in [4.78, 5) is -2.02. The van der Waals surface area contributed by atoms with Crippen molar-refractivity contribution in [2.45, 2.75) is 14.7 Å². The van der Waals surface area contributed by atoms with Crippen molar-refractivity contribution < 1.29 is 74.3 Å². The molecule has 21 nitrogen and oxygen atoms in total. The summed E-state index contributed by atoms with van der Waals surface area (Å²) in [5.74, 6) is -3.12. The summed E-state index contributed by atoms with van der Waals surface area (Å²) < 4.78 is 151. The Hall–Kier alpha value is -3.99. The van der Waals surface area contributed by atoms with Gasteiger partial charge in [0.05, 0.1) is 40.2 Å². The number of nitrogens with zero attached hydrogens (tertiary/aromatic N) is 4. The van der Waals surface area contributed by atoms with E-state index in [-0.39, 0.29) is 16.3 Å². The topological polar surface area (TPSA) is 340 Å². The number of hydrogen-bond donors (Lipinski definition) is 5. The van der Waals surface area contributed by atoms with Gasteiger partial charge in [-0.2, -0.15) is 30.4 Å². The molecule has 3 rings (SSSR count). The van der Waals surface area contributed by atoms with Crippen LogP contribution in [0.2, 0.25) is 0 Å². The number of phenolic OH excluding ortho intramolecular Hbond substituents is 2. The first kappa shape index (κ1) is 38.5. The highest BCUT2D eigenvalue weighted by atomic mass is 32.3. The minimum Gasteiger partial charge on any atom is -0.505 e. The van der Waals surface area contributed by atoms with Gasteiger partial charge in [-0.1, -0.05) is 0 Å². The standard InChI is InChI=1S/C22H22N4O17S5/c27-20-13-21(28)19(12-18(20)25-23-14-1-3-15(4-2-14)44(29,30)9-7-42-47(36,37)38)26-24-17-6-5-16(11-22(17)46(33,34)35)45(31,32)10-8-43-48(39,40)41/h1-6,11-13,27-28H,7-10H2,(H,33,34,35)(H,36,37,38)(H,39,40,41). The molecule has 0 amide bonds. The zero-order valence-electron chi connectivity index (χ0n) is 23.5. The van der Waals surface area contributed by atoms with E-state index in [9.17, 15) is 56.9 Å². The second-order valence-corrected chi connectivity index (χ2v) is 16.8. The molecule has 0 aliphatic heterocycles. The zero-order valence-corrected chi connectivity index (χ0v) is 27.6. The van der Waals surface area contributed by atoms with Gasteiger partial charge in [0.1, 0.15) is 33.5 Å².